The molecule has 0 radical (unpaired) electrons. The van der Waals surface area contributed by atoms with Crippen molar-refractivity contribution < 1.29 is 9.13 Å². The number of fused-ring (bicyclic) bond motifs is 1. The predicted octanol–water partition coefficient (Wildman–Crippen LogP) is 3.89. The van der Waals surface area contributed by atoms with Crippen molar-refractivity contribution in [2.75, 3.05) is 5.43 Å². The summed E-state index contributed by atoms with van der Waals surface area (Å²) in [5.41, 5.74) is 4.74. The number of nitrogens with zero attached hydrogens (tertiary/aromatic N) is 3. The molecular formula is C20H17FN4O. The van der Waals surface area contributed by atoms with Crippen molar-refractivity contribution in [3.05, 3.63) is 90.3 Å². The first kappa shape index (κ1) is 16.1. The van der Waals surface area contributed by atoms with Crippen molar-refractivity contribution in [2.24, 2.45) is 0 Å². The molecule has 5 nitrogen and oxygen atoms in total. The van der Waals surface area contributed by atoms with Gasteiger partial charge in [0.05, 0.1) is 6.54 Å². The van der Waals surface area contributed by atoms with E-state index in [1.165, 1.54) is 6.07 Å². The third-order valence-electron chi connectivity index (χ3n) is 4.20. The van der Waals surface area contributed by atoms with Crippen LogP contribution in [0.5, 0.6) is 5.75 Å². The van der Waals surface area contributed by atoms with E-state index >= 15 is 0 Å². The molecule has 0 fully saturated rings. The minimum Gasteiger partial charge on any atom is -0.488 e. The van der Waals surface area contributed by atoms with Gasteiger partial charge in [-0.05, 0) is 22.9 Å². The van der Waals surface area contributed by atoms with Crippen LogP contribution in [-0.4, -0.2) is 14.9 Å². The monoisotopic (exact) mass is 348 g/mol. The molecule has 0 bridgehead atoms. The highest BCUT2D eigenvalue weighted by molar-refractivity contribution is 5.87. The Morgan fingerprint density at radius 1 is 0.923 bits per heavy atom. The predicted molar refractivity (Wildman–Crippen MR) is 97.8 cm³/mol. The molecule has 0 saturated heterocycles. The Bertz CT molecular complexity index is 1020. The van der Waals surface area contributed by atoms with E-state index in [0.29, 0.717) is 17.9 Å². The second-order valence-electron chi connectivity index (χ2n) is 5.85. The van der Waals surface area contributed by atoms with E-state index in [1.54, 1.807) is 35.5 Å². The van der Waals surface area contributed by atoms with Crippen molar-refractivity contribution in [1.82, 2.24) is 14.9 Å². The van der Waals surface area contributed by atoms with Crippen LogP contribution in [0.4, 0.5) is 4.39 Å². The molecule has 0 saturated carbocycles. The number of halogens is 1. The van der Waals surface area contributed by atoms with E-state index in [9.17, 15) is 4.39 Å². The van der Waals surface area contributed by atoms with Gasteiger partial charge in [-0.1, -0.05) is 48.5 Å². The Hall–Kier alpha value is -3.41. The van der Waals surface area contributed by atoms with Crippen LogP contribution in [0.1, 0.15) is 11.1 Å². The normalized spacial score (nSPS) is 10.8. The molecule has 0 aliphatic rings. The number of aromatic nitrogens is 3. The molecule has 4 aromatic rings. The maximum absolute atomic E-state index is 13.9. The van der Waals surface area contributed by atoms with Crippen molar-refractivity contribution >= 4 is 10.8 Å². The van der Waals surface area contributed by atoms with E-state index in [-0.39, 0.29) is 12.4 Å². The zero-order valence-corrected chi connectivity index (χ0v) is 14.0. The molecule has 1 N–H and O–H groups in total. The standard InChI is InChI=1S/C20H17FN4O/c21-19-8-4-2-6-16(19)12-26-20-10-9-15-5-1-3-7-17(15)18(20)11-24-25-13-22-23-14-25/h1-10,13-14,24H,11-12H2. The van der Waals surface area contributed by atoms with E-state index in [0.717, 1.165) is 16.3 Å². The Morgan fingerprint density at radius 3 is 2.54 bits per heavy atom. The summed E-state index contributed by atoms with van der Waals surface area (Å²) in [7, 11) is 0. The molecule has 0 atom stereocenters. The zero-order chi connectivity index (χ0) is 17.8. The lowest BCUT2D eigenvalue weighted by Gasteiger charge is -2.16. The van der Waals surface area contributed by atoms with Gasteiger partial charge in [0, 0.05) is 11.1 Å². The van der Waals surface area contributed by atoms with Gasteiger partial charge in [-0.3, -0.25) is 0 Å². The number of hydrogen-bond donors (Lipinski definition) is 1. The van der Waals surface area contributed by atoms with Crippen LogP contribution in [0.25, 0.3) is 10.8 Å². The van der Waals surface area contributed by atoms with E-state index in [1.807, 2.05) is 24.3 Å². The van der Waals surface area contributed by atoms with E-state index in [2.05, 4.69) is 27.8 Å². The second-order valence-corrected chi connectivity index (χ2v) is 5.85. The van der Waals surface area contributed by atoms with Crippen LogP contribution in [0.2, 0.25) is 0 Å². The second kappa shape index (κ2) is 7.23. The lowest BCUT2D eigenvalue weighted by Crippen LogP contribution is -2.13. The maximum atomic E-state index is 13.9. The highest BCUT2D eigenvalue weighted by atomic mass is 19.1. The molecule has 3 aromatic carbocycles. The summed E-state index contributed by atoms with van der Waals surface area (Å²) in [5, 5.41) is 9.76. The van der Waals surface area contributed by atoms with Gasteiger partial charge >= 0.3 is 0 Å². The number of hydrogen-bond acceptors (Lipinski definition) is 4. The summed E-state index contributed by atoms with van der Waals surface area (Å²) in [4.78, 5) is 0. The van der Waals surface area contributed by atoms with Gasteiger partial charge in [-0.2, -0.15) is 0 Å². The summed E-state index contributed by atoms with van der Waals surface area (Å²) >= 11 is 0. The first-order valence-electron chi connectivity index (χ1n) is 8.26. The van der Waals surface area contributed by atoms with Crippen molar-refractivity contribution in [1.29, 1.82) is 0 Å². The van der Waals surface area contributed by atoms with Crippen LogP contribution in [0.15, 0.2) is 73.3 Å². The van der Waals surface area contributed by atoms with Gasteiger partial charge in [0.2, 0.25) is 0 Å². The van der Waals surface area contributed by atoms with Crippen molar-refractivity contribution in [3.8, 4) is 5.75 Å². The van der Waals surface area contributed by atoms with Gasteiger partial charge < -0.3 is 10.2 Å². The summed E-state index contributed by atoms with van der Waals surface area (Å²) in [6, 6.07) is 18.7. The fourth-order valence-electron chi connectivity index (χ4n) is 2.86. The van der Waals surface area contributed by atoms with Gasteiger partial charge in [0.25, 0.3) is 0 Å². The fourth-order valence-corrected chi connectivity index (χ4v) is 2.86. The number of ether oxygens (including phenoxy) is 1. The van der Waals surface area contributed by atoms with Gasteiger partial charge in [0.1, 0.15) is 30.8 Å². The minimum absolute atomic E-state index is 0.171. The molecule has 26 heavy (non-hydrogen) atoms. The first-order valence-corrected chi connectivity index (χ1v) is 8.26. The van der Waals surface area contributed by atoms with Crippen LogP contribution >= 0.6 is 0 Å². The fraction of sp³-hybridized carbons (Fsp3) is 0.100. The molecule has 4 rings (SSSR count). The van der Waals surface area contributed by atoms with Crippen LogP contribution < -0.4 is 10.2 Å². The molecular weight excluding hydrogens is 331 g/mol. The van der Waals surface area contributed by atoms with Gasteiger partial charge in [-0.25, -0.2) is 9.07 Å². The topological polar surface area (TPSA) is 52.0 Å². The average Bonchev–Trinajstić information content (AvgIpc) is 3.19. The maximum Gasteiger partial charge on any atom is 0.138 e. The minimum atomic E-state index is -0.266. The van der Waals surface area contributed by atoms with E-state index in [4.69, 9.17) is 4.74 Å². The first-order chi connectivity index (χ1) is 12.8. The van der Waals surface area contributed by atoms with E-state index < -0.39 is 0 Å². The third-order valence-corrected chi connectivity index (χ3v) is 4.20. The molecule has 0 unspecified atom stereocenters. The molecule has 0 amide bonds. The number of benzene rings is 3. The molecule has 0 spiro atoms. The molecule has 6 heteroatoms. The zero-order valence-electron chi connectivity index (χ0n) is 14.0. The summed E-state index contributed by atoms with van der Waals surface area (Å²) in [6.45, 7) is 0.691. The van der Waals surface area contributed by atoms with Gasteiger partial charge in [-0.15, -0.1) is 10.2 Å². The summed E-state index contributed by atoms with van der Waals surface area (Å²) < 4.78 is 21.5. The third kappa shape index (κ3) is 3.35. The quantitative estimate of drug-likeness (QED) is 0.574. The average molecular weight is 348 g/mol. The van der Waals surface area contributed by atoms with Crippen molar-refractivity contribution in [2.45, 2.75) is 13.2 Å². The largest absolute Gasteiger partial charge is 0.488 e. The highest BCUT2D eigenvalue weighted by Crippen LogP contribution is 2.29. The van der Waals surface area contributed by atoms with Crippen molar-refractivity contribution in [3.63, 3.8) is 0 Å². The lowest BCUT2D eigenvalue weighted by atomic mass is 10.0. The molecule has 0 aliphatic heterocycles. The Morgan fingerprint density at radius 2 is 1.69 bits per heavy atom. The summed E-state index contributed by atoms with van der Waals surface area (Å²) in [5.74, 6) is 0.449. The van der Waals surface area contributed by atoms with Crippen LogP contribution in [0, 0.1) is 5.82 Å². The Balaban J connectivity index is 1.64. The molecule has 1 heterocycles. The molecule has 130 valence electrons. The SMILES string of the molecule is Fc1ccccc1COc1ccc2ccccc2c1CNn1cnnc1. The Labute approximate surface area is 150 Å². The number of nitrogens with one attached hydrogen (secondary N) is 1. The lowest BCUT2D eigenvalue weighted by molar-refractivity contribution is 0.297. The van der Waals surface area contributed by atoms with Crippen LogP contribution in [0.3, 0.4) is 0 Å². The smallest absolute Gasteiger partial charge is 0.138 e. The highest BCUT2D eigenvalue weighted by Gasteiger charge is 2.10. The number of rotatable bonds is 6. The summed E-state index contributed by atoms with van der Waals surface area (Å²) in [6.07, 6.45) is 3.18. The van der Waals surface area contributed by atoms with Gasteiger partial charge in [0.15, 0.2) is 0 Å². The molecule has 0 aliphatic carbocycles. The molecule has 1 aromatic heterocycles. The Kier molecular flexibility index (Phi) is 4.47. The van der Waals surface area contributed by atoms with Crippen LogP contribution in [-0.2, 0) is 13.2 Å².